The minimum absolute atomic E-state index is 0.0205. The summed E-state index contributed by atoms with van der Waals surface area (Å²) in [5, 5.41) is 2.83. The summed E-state index contributed by atoms with van der Waals surface area (Å²) in [6, 6.07) is 0. The first-order valence-electron chi connectivity index (χ1n) is 8.28. The molecule has 1 unspecified atom stereocenters. The molecule has 0 aromatic carbocycles. The topological polar surface area (TPSA) is 89.0 Å². The van der Waals surface area contributed by atoms with Crippen LogP contribution >= 0.6 is 0 Å². The van der Waals surface area contributed by atoms with E-state index in [0.29, 0.717) is 19.4 Å². The van der Waals surface area contributed by atoms with E-state index >= 15 is 0 Å². The Morgan fingerprint density at radius 3 is 2.78 bits per heavy atom. The minimum atomic E-state index is -3.02. The highest BCUT2D eigenvalue weighted by Gasteiger charge is 2.32. The number of hydrogen-bond donors (Lipinski definition) is 1. The average molecular weight is 337 g/mol. The summed E-state index contributed by atoms with van der Waals surface area (Å²) in [7, 11) is -3.02. The molecule has 0 bridgehead atoms. The highest BCUT2D eigenvalue weighted by atomic mass is 32.2. The van der Waals surface area contributed by atoms with Crippen LogP contribution in [0.5, 0.6) is 0 Å². The monoisotopic (exact) mass is 337 g/mol. The first kappa shape index (κ1) is 16.4. The zero-order valence-electron chi connectivity index (χ0n) is 13.5. The van der Waals surface area contributed by atoms with Crippen molar-refractivity contribution in [3.8, 4) is 0 Å². The molecule has 1 atom stereocenters. The van der Waals surface area contributed by atoms with Gasteiger partial charge in [-0.15, -0.1) is 0 Å². The number of carbonyl (C=O) groups excluding carboxylic acids is 1. The van der Waals surface area contributed by atoms with Crippen molar-refractivity contribution in [2.45, 2.75) is 45.4 Å². The maximum atomic E-state index is 12.0. The van der Waals surface area contributed by atoms with Gasteiger partial charge < -0.3 is 5.32 Å². The normalized spacial score (nSPS) is 22.6. The van der Waals surface area contributed by atoms with E-state index in [1.165, 1.54) is 18.4 Å². The molecule has 23 heavy (non-hydrogen) atoms. The van der Waals surface area contributed by atoms with Gasteiger partial charge in [-0.1, -0.05) is 0 Å². The third-order valence-electron chi connectivity index (χ3n) is 4.69. The number of aromatic nitrogens is 2. The molecule has 126 valence electrons. The number of nitrogens with one attached hydrogen (secondary N) is 1. The maximum Gasteiger partial charge on any atom is 0.224 e. The van der Waals surface area contributed by atoms with Crippen molar-refractivity contribution in [1.29, 1.82) is 0 Å². The second kappa shape index (κ2) is 6.55. The van der Waals surface area contributed by atoms with Gasteiger partial charge in [0.05, 0.1) is 17.4 Å². The molecule has 0 radical (unpaired) electrons. The molecular formula is C16H23N3O3S. The molecule has 0 saturated carbocycles. The Morgan fingerprint density at radius 2 is 2.04 bits per heavy atom. The Bertz CT molecular complexity index is 716. The largest absolute Gasteiger partial charge is 0.355 e. The Morgan fingerprint density at radius 1 is 1.26 bits per heavy atom. The molecule has 0 spiro atoms. The third-order valence-corrected chi connectivity index (χ3v) is 6.46. The molecular weight excluding hydrogens is 314 g/mol. The van der Waals surface area contributed by atoms with Crippen LogP contribution < -0.4 is 5.32 Å². The number of sulfone groups is 1. The molecule has 2 heterocycles. The van der Waals surface area contributed by atoms with Gasteiger partial charge >= 0.3 is 0 Å². The predicted molar refractivity (Wildman–Crippen MR) is 86.9 cm³/mol. The number of amides is 1. The van der Waals surface area contributed by atoms with Crippen molar-refractivity contribution in [3.05, 3.63) is 22.8 Å². The van der Waals surface area contributed by atoms with E-state index in [0.717, 1.165) is 30.1 Å². The molecule has 1 aliphatic carbocycles. The molecule has 2 aliphatic rings. The summed E-state index contributed by atoms with van der Waals surface area (Å²) in [6.07, 6.45) is 5.47. The Kier molecular flexibility index (Phi) is 4.66. The van der Waals surface area contributed by atoms with Gasteiger partial charge in [-0.25, -0.2) is 18.4 Å². The number of aryl methyl sites for hydroxylation is 2. The van der Waals surface area contributed by atoms with Crippen molar-refractivity contribution in [1.82, 2.24) is 15.3 Å². The smallest absolute Gasteiger partial charge is 0.224 e. The zero-order chi connectivity index (χ0) is 16.4. The van der Waals surface area contributed by atoms with Crippen molar-refractivity contribution < 1.29 is 13.2 Å². The average Bonchev–Trinajstić information content (AvgIpc) is 2.87. The first-order valence-corrected chi connectivity index (χ1v) is 10.1. The number of rotatable bonds is 4. The summed E-state index contributed by atoms with van der Waals surface area (Å²) < 4.78 is 22.8. The van der Waals surface area contributed by atoms with Gasteiger partial charge in [-0.2, -0.15) is 0 Å². The highest BCUT2D eigenvalue weighted by molar-refractivity contribution is 7.91. The molecule has 1 fully saturated rings. The summed E-state index contributed by atoms with van der Waals surface area (Å²) in [6.45, 7) is 2.48. The molecule has 6 nitrogen and oxygen atoms in total. The van der Waals surface area contributed by atoms with E-state index < -0.39 is 15.8 Å². The zero-order valence-corrected chi connectivity index (χ0v) is 14.3. The van der Waals surface area contributed by atoms with Gasteiger partial charge in [0.25, 0.3) is 0 Å². The number of nitrogens with zero attached hydrogens (tertiary/aromatic N) is 2. The van der Waals surface area contributed by atoms with Crippen LogP contribution in [0.3, 0.4) is 0 Å². The lowest BCUT2D eigenvalue weighted by Crippen LogP contribution is -2.33. The van der Waals surface area contributed by atoms with Gasteiger partial charge in [0, 0.05) is 24.4 Å². The third kappa shape index (κ3) is 3.88. The van der Waals surface area contributed by atoms with Crippen molar-refractivity contribution >= 4 is 15.7 Å². The molecule has 7 heteroatoms. The Labute approximate surface area is 137 Å². The molecule has 1 aromatic heterocycles. The van der Waals surface area contributed by atoms with Crippen LogP contribution in [0.15, 0.2) is 0 Å². The standard InChI is InChI=1S/C16H23N3O3S/c1-11-13-4-2-3-5-14(13)19-15(18-11)6-8-17-16(20)12-7-9-23(21,22)10-12/h12H,2-10H2,1H3,(H,17,20). The quantitative estimate of drug-likeness (QED) is 0.876. The van der Waals surface area contributed by atoms with Crippen LogP contribution in [-0.4, -0.2) is 42.3 Å². The van der Waals surface area contributed by atoms with Crippen LogP contribution in [0.25, 0.3) is 0 Å². The summed E-state index contributed by atoms with van der Waals surface area (Å²) in [4.78, 5) is 21.2. The minimum Gasteiger partial charge on any atom is -0.355 e. The second-order valence-corrected chi connectivity index (χ2v) is 8.73. The molecule has 1 amide bonds. The van der Waals surface area contributed by atoms with Crippen LogP contribution in [-0.2, 0) is 33.9 Å². The van der Waals surface area contributed by atoms with Crippen LogP contribution in [0.2, 0.25) is 0 Å². The van der Waals surface area contributed by atoms with Crippen LogP contribution in [0.1, 0.15) is 42.0 Å². The number of carbonyl (C=O) groups is 1. The summed E-state index contributed by atoms with van der Waals surface area (Å²) >= 11 is 0. The fourth-order valence-electron chi connectivity index (χ4n) is 3.40. The SMILES string of the molecule is Cc1nc(CCNC(=O)C2CCS(=O)(=O)C2)nc2c1CCCC2. The highest BCUT2D eigenvalue weighted by Crippen LogP contribution is 2.22. The van der Waals surface area contributed by atoms with Gasteiger partial charge in [0.1, 0.15) is 5.82 Å². The lowest BCUT2D eigenvalue weighted by atomic mass is 9.95. The molecule has 3 rings (SSSR count). The fraction of sp³-hybridized carbons (Fsp3) is 0.688. The lowest BCUT2D eigenvalue weighted by Gasteiger charge is -2.17. The van der Waals surface area contributed by atoms with E-state index in [1.807, 2.05) is 6.92 Å². The Hall–Kier alpha value is -1.50. The second-order valence-electron chi connectivity index (χ2n) is 6.50. The Balaban J connectivity index is 1.55. The predicted octanol–water partition coefficient (Wildman–Crippen LogP) is 0.757. The maximum absolute atomic E-state index is 12.0. The van der Waals surface area contributed by atoms with Crippen LogP contribution in [0, 0.1) is 12.8 Å². The van der Waals surface area contributed by atoms with Crippen LogP contribution in [0.4, 0.5) is 0 Å². The van der Waals surface area contributed by atoms with E-state index in [2.05, 4.69) is 15.3 Å². The number of hydrogen-bond acceptors (Lipinski definition) is 5. The summed E-state index contributed by atoms with van der Waals surface area (Å²) in [5.74, 6) is 0.306. The van der Waals surface area contributed by atoms with Crippen molar-refractivity contribution in [2.75, 3.05) is 18.1 Å². The molecule has 1 aliphatic heterocycles. The summed E-state index contributed by atoms with van der Waals surface area (Å²) in [5.41, 5.74) is 3.50. The lowest BCUT2D eigenvalue weighted by molar-refractivity contribution is -0.124. The van der Waals surface area contributed by atoms with E-state index in [4.69, 9.17) is 0 Å². The first-order chi connectivity index (χ1) is 10.9. The molecule has 1 aromatic rings. The van der Waals surface area contributed by atoms with Gasteiger partial charge in [-0.3, -0.25) is 4.79 Å². The van der Waals surface area contributed by atoms with E-state index in [1.54, 1.807) is 0 Å². The van der Waals surface area contributed by atoms with Gasteiger partial charge in [0.15, 0.2) is 9.84 Å². The molecule has 1 N–H and O–H groups in total. The van der Waals surface area contributed by atoms with Gasteiger partial charge in [-0.05, 0) is 44.6 Å². The van der Waals surface area contributed by atoms with Crippen molar-refractivity contribution in [3.63, 3.8) is 0 Å². The van der Waals surface area contributed by atoms with Crippen molar-refractivity contribution in [2.24, 2.45) is 5.92 Å². The van der Waals surface area contributed by atoms with E-state index in [9.17, 15) is 13.2 Å². The van der Waals surface area contributed by atoms with Gasteiger partial charge in [0.2, 0.25) is 5.91 Å². The number of fused-ring (bicyclic) bond motifs is 1. The van der Waals surface area contributed by atoms with E-state index in [-0.39, 0.29) is 17.4 Å². The fourth-order valence-corrected chi connectivity index (χ4v) is 5.14. The molecule has 1 saturated heterocycles.